The minimum absolute atomic E-state index is 0.0419. The minimum atomic E-state index is -4.48. The highest BCUT2D eigenvalue weighted by atomic mass is 79.9. The van der Waals surface area contributed by atoms with Gasteiger partial charge in [-0.3, -0.25) is 14.8 Å². The van der Waals surface area contributed by atoms with Crippen LogP contribution in [0.25, 0.3) is 0 Å². The predicted molar refractivity (Wildman–Crippen MR) is 69.2 cm³/mol. The van der Waals surface area contributed by atoms with Crippen molar-refractivity contribution in [2.75, 3.05) is 0 Å². The van der Waals surface area contributed by atoms with Crippen LogP contribution in [-0.2, 0) is 12.6 Å². The molecule has 7 heteroatoms. The highest BCUT2D eigenvalue weighted by Crippen LogP contribution is 2.27. The molecule has 0 bridgehead atoms. The molecule has 3 nitrogen and oxygen atoms in total. The first-order chi connectivity index (χ1) is 9.36. The molecule has 0 aliphatic carbocycles. The van der Waals surface area contributed by atoms with E-state index in [0.29, 0.717) is 5.56 Å². The summed E-state index contributed by atoms with van der Waals surface area (Å²) in [4.78, 5) is 19.1. The van der Waals surface area contributed by atoms with Crippen molar-refractivity contribution in [1.82, 2.24) is 9.97 Å². The molecule has 2 aromatic rings. The molecule has 0 unspecified atom stereocenters. The van der Waals surface area contributed by atoms with Crippen LogP contribution in [-0.4, -0.2) is 15.8 Å². The molecule has 2 heterocycles. The van der Waals surface area contributed by atoms with E-state index in [-0.39, 0.29) is 17.9 Å². The van der Waals surface area contributed by atoms with Gasteiger partial charge in [-0.15, -0.1) is 0 Å². The van der Waals surface area contributed by atoms with E-state index in [4.69, 9.17) is 0 Å². The highest BCUT2D eigenvalue weighted by Gasteiger charge is 2.32. The number of alkyl halides is 3. The number of pyridine rings is 2. The molecule has 20 heavy (non-hydrogen) atoms. The van der Waals surface area contributed by atoms with Crippen LogP contribution in [0.1, 0.15) is 21.7 Å². The Balaban J connectivity index is 2.10. The van der Waals surface area contributed by atoms with Gasteiger partial charge in [0.25, 0.3) is 0 Å². The maximum Gasteiger partial charge on any atom is 0.433 e. The van der Waals surface area contributed by atoms with Crippen molar-refractivity contribution in [3.8, 4) is 0 Å². The van der Waals surface area contributed by atoms with E-state index < -0.39 is 11.9 Å². The fourth-order valence-electron chi connectivity index (χ4n) is 1.51. The van der Waals surface area contributed by atoms with Crippen molar-refractivity contribution < 1.29 is 18.0 Å². The van der Waals surface area contributed by atoms with Gasteiger partial charge in [-0.25, -0.2) is 0 Å². The zero-order chi connectivity index (χ0) is 14.8. The highest BCUT2D eigenvalue weighted by molar-refractivity contribution is 9.10. The van der Waals surface area contributed by atoms with E-state index >= 15 is 0 Å². The largest absolute Gasteiger partial charge is 0.433 e. The van der Waals surface area contributed by atoms with Crippen molar-refractivity contribution in [3.05, 3.63) is 58.1 Å². The van der Waals surface area contributed by atoms with Crippen molar-refractivity contribution in [1.29, 1.82) is 0 Å². The van der Waals surface area contributed by atoms with Crippen LogP contribution >= 0.6 is 15.9 Å². The number of nitrogens with zero attached hydrogens (tertiary/aromatic N) is 2. The van der Waals surface area contributed by atoms with E-state index in [2.05, 4.69) is 25.9 Å². The van der Waals surface area contributed by atoms with Crippen LogP contribution in [0, 0.1) is 0 Å². The average molecular weight is 345 g/mol. The molecule has 0 aliphatic heterocycles. The predicted octanol–water partition coefficient (Wildman–Crippen LogP) is 3.68. The van der Waals surface area contributed by atoms with E-state index in [1.54, 1.807) is 12.1 Å². The third kappa shape index (κ3) is 3.63. The van der Waals surface area contributed by atoms with Crippen LogP contribution in [0.15, 0.2) is 41.1 Å². The average Bonchev–Trinajstić information content (AvgIpc) is 2.39. The lowest BCUT2D eigenvalue weighted by Gasteiger charge is -2.06. The number of ketones is 1. The Morgan fingerprint density at radius 1 is 1.10 bits per heavy atom. The first kappa shape index (κ1) is 14.6. The molecule has 0 saturated heterocycles. The normalized spacial score (nSPS) is 11.4. The number of carbonyl (C=O) groups is 1. The van der Waals surface area contributed by atoms with Gasteiger partial charge in [-0.2, -0.15) is 13.2 Å². The Morgan fingerprint density at radius 3 is 2.35 bits per heavy atom. The summed E-state index contributed by atoms with van der Waals surface area (Å²) in [7, 11) is 0. The van der Waals surface area contributed by atoms with Gasteiger partial charge in [0.2, 0.25) is 0 Å². The Labute approximate surface area is 121 Å². The second kappa shape index (κ2) is 5.70. The Kier molecular flexibility index (Phi) is 4.17. The first-order valence-corrected chi connectivity index (χ1v) is 6.32. The SMILES string of the molecule is O=C(Cc1ccc(C(F)(F)F)nc1)c1ccc(Br)cn1. The van der Waals surface area contributed by atoms with Crippen LogP contribution in [0.3, 0.4) is 0 Å². The molecule has 104 valence electrons. The molecule has 0 aliphatic rings. The van der Waals surface area contributed by atoms with Crippen molar-refractivity contribution in [2.24, 2.45) is 0 Å². The molecule has 0 fully saturated rings. The topological polar surface area (TPSA) is 42.9 Å². The van der Waals surface area contributed by atoms with Crippen LogP contribution in [0.2, 0.25) is 0 Å². The maximum atomic E-state index is 12.3. The summed E-state index contributed by atoms with van der Waals surface area (Å²) in [6, 6.07) is 5.32. The Bertz CT molecular complexity index is 609. The van der Waals surface area contributed by atoms with Crippen molar-refractivity contribution in [3.63, 3.8) is 0 Å². The number of aromatic nitrogens is 2. The maximum absolute atomic E-state index is 12.3. The molecule has 2 rings (SSSR count). The van der Waals surface area contributed by atoms with Crippen LogP contribution in [0.5, 0.6) is 0 Å². The summed E-state index contributed by atoms with van der Waals surface area (Å²) in [5.41, 5.74) is -0.309. The van der Waals surface area contributed by atoms with Gasteiger partial charge < -0.3 is 0 Å². The third-order valence-corrected chi connectivity index (χ3v) is 2.96. The van der Waals surface area contributed by atoms with E-state index in [9.17, 15) is 18.0 Å². The smallest absolute Gasteiger partial charge is 0.292 e. The molecule has 0 atom stereocenters. The number of halogens is 4. The molecule has 0 radical (unpaired) electrons. The first-order valence-electron chi connectivity index (χ1n) is 5.53. The molecule has 0 spiro atoms. The molecule has 0 aromatic carbocycles. The zero-order valence-electron chi connectivity index (χ0n) is 9.99. The summed E-state index contributed by atoms with van der Waals surface area (Å²) >= 11 is 3.20. The van der Waals surface area contributed by atoms with Gasteiger partial charge in [-0.1, -0.05) is 6.07 Å². The molecule has 0 N–H and O–H groups in total. The Morgan fingerprint density at radius 2 is 1.85 bits per heavy atom. The number of hydrogen-bond donors (Lipinski definition) is 0. The molecule has 0 saturated carbocycles. The number of carbonyl (C=O) groups excluding carboxylic acids is 1. The molecular weight excluding hydrogens is 337 g/mol. The number of Topliss-reactive ketones (excluding diaryl/α,β-unsaturated/α-hetero) is 1. The quantitative estimate of drug-likeness (QED) is 0.797. The van der Waals surface area contributed by atoms with E-state index in [1.165, 1.54) is 12.3 Å². The molecule has 0 amide bonds. The lowest BCUT2D eigenvalue weighted by molar-refractivity contribution is -0.141. The third-order valence-electron chi connectivity index (χ3n) is 2.49. The lowest BCUT2D eigenvalue weighted by atomic mass is 10.1. The van der Waals surface area contributed by atoms with E-state index in [1.807, 2.05) is 0 Å². The Hall–Kier alpha value is -1.76. The van der Waals surface area contributed by atoms with Gasteiger partial charge in [0.15, 0.2) is 5.78 Å². The van der Waals surface area contributed by atoms with E-state index in [0.717, 1.165) is 16.7 Å². The molecular formula is C13H8BrF3N2O. The molecule has 2 aromatic heterocycles. The summed E-state index contributed by atoms with van der Waals surface area (Å²) in [5, 5.41) is 0. The standard InChI is InChI=1S/C13H8BrF3N2O/c14-9-2-3-10(18-7-9)11(20)5-8-1-4-12(19-6-8)13(15,16)17/h1-4,6-7H,5H2. The van der Waals surface area contributed by atoms with Crippen molar-refractivity contribution in [2.45, 2.75) is 12.6 Å². The van der Waals surface area contributed by atoms with Gasteiger partial charge in [0.05, 0.1) is 0 Å². The van der Waals surface area contributed by atoms with Gasteiger partial charge in [0, 0.05) is 23.3 Å². The lowest BCUT2D eigenvalue weighted by Crippen LogP contribution is -2.09. The minimum Gasteiger partial charge on any atom is -0.292 e. The summed E-state index contributed by atoms with van der Waals surface area (Å²) in [6.45, 7) is 0. The second-order valence-electron chi connectivity index (χ2n) is 4.01. The van der Waals surface area contributed by atoms with Crippen LogP contribution in [0.4, 0.5) is 13.2 Å². The fraction of sp³-hybridized carbons (Fsp3) is 0.154. The number of hydrogen-bond acceptors (Lipinski definition) is 3. The summed E-state index contributed by atoms with van der Waals surface area (Å²) < 4.78 is 37.8. The summed E-state index contributed by atoms with van der Waals surface area (Å²) in [5.74, 6) is -0.279. The van der Waals surface area contributed by atoms with Gasteiger partial charge in [0.1, 0.15) is 11.4 Å². The van der Waals surface area contributed by atoms with Crippen molar-refractivity contribution >= 4 is 21.7 Å². The number of rotatable bonds is 3. The van der Waals surface area contributed by atoms with Crippen LogP contribution < -0.4 is 0 Å². The summed E-state index contributed by atoms with van der Waals surface area (Å²) in [6.07, 6.45) is -1.98. The monoisotopic (exact) mass is 344 g/mol. The second-order valence-corrected chi connectivity index (χ2v) is 4.93. The fourth-order valence-corrected chi connectivity index (χ4v) is 1.75. The van der Waals surface area contributed by atoms with Gasteiger partial charge >= 0.3 is 6.18 Å². The van der Waals surface area contributed by atoms with Gasteiger partial charge in [-0.05, 0) is 39.7 Å². The zero-order valence-corrected chi connectivity index (χ0v) is 11.6.